The molecule has 0 radical (unpaired) electrons. The molecule has 0 saturated carbocycles. The maximum absolute atomic E-state index is 13.6. The molecule has 31 heavy (non-hydrogen) atoms. The Balaban J connectivity index is 1.57. The van der Waals surface area contributed by atoms with Crippen LogP contribution < -0.4 is 0 Å². The monoisotopic (exact) mass is 430 g/mol. The number of morpholine rings is 1. The molecular weight excluding hydrogens is 399 g/mol. The third kappa shape index (κ3) is 7.40. The molecule has 1 fully saturated rings. The zero-order chi connectivity index (χ0) is 22.1. The van der Waals surface area contributed by atoms with Crippen LogP contribution in [0.15, 0.2) is 54.6 Å². The Bertz CT molecular complexity index is 820. The molecule has 2 atom stereocenters. The third-order valence-corrected chi connectivity index (χ3v) is 5.35. The molecule has 1 saturated heterocycles. The number of carbonyl (C=O) groups is 1. The molecule has 0 aliphatic carbocycles. The Morgan fingerprint density at radius 2 is 2.10 bits per heavy atom. The minimum absolute atomic E-state index is 0.188. The van der Waals surface area contributed by atoms with Gasteiger partial charge in [-0.15, -0.1) is 0 Å². The van der Waals surface area contributed by atoms with E-state index in [1.54, 1.807) is 18.1 Å². The van der Waals surface area contributed by atoms with E-state index >= 15 is 0 Å². The number of methoxy groups -OCH3 is 1. The first-order chi connectivity index (χ1) is 15.0. The van der Waals surface area contributed by atoms with E-state index in [-0.39, 0.29) is 12.0 Å². The highest BCUT2D eigenvalue weighted by atomic mass is 19.1. The molecular formula is C24H31FN2O4. The summed E-state index contributed by atoms with van der Waals surface area (Å²) in [6.45, 7) is 3.59. The maximum atomic E-state index is 13.6. The molecule has 168 valence electrons. The average Bonchev–Trinajstić information content (AvgIpc) is 2.77. The highest BCUT2D eigenvalue weighted by Gasteiger charge is 2.26. The first-order valence-electron chi connectivity index (χ1n) is 10.6. The summed E-state index contributed by atoms with van der Waals surface area (Å²) in [4.78, 5) is 16.7. The Morgan fingerprint density at radius 3 is 2.84 bits per heavy atom. The third-order valence-electron chi connectivity index (χ3n) is 5.35. The highest BCUT2D eigenvalue weighted by molar-refractivity contribution is 5.94. The standard InChI is InChI=1S/C24H31FN2O4/c1-30-12-11-27(24(29)20-8-5-9-21(25)15-20)18-23-17-26(10-13-31-23)16-22(28)14-19-6-3-2-4-7-19/h2-9,15,22-23,28H,10-14,16-18H2,1H3/t22-,23-/m0/s1. The van der Waals surface area contributed by atoms with Crippen LogP contribution in [0.5, 0.6) is 0 Å². The molecule has 1 aliphatic rings. The van der Waals surface area contributed by atoms with Crippen LogP contribution in [0.2, 0.25) is 0 Å². The van der Waals surface area contributed by atoms with Gasteiger partial charge in [0.1, 0.15) is 5.82 Å². The highest BCUT2D eigenvalue weighted by Crippen LogP contribution is 2.13. The van der Waals surface area contributed by atoms with Crippen molar-refractivity contribution in [3.63, 3.8) is 0 Å². The summed E-state index contributed by atoms with van der Waals surface area (Å²) >= 11 is 0. The number of hydrogen-bond acceptors (Lipinski definition) is 5. The quantitative estimate of drug-likeness (QED) is 0.626. The van der Waals surface area contributed by atoms with Gasteiger partial charge in [-0.3, -0.25) is 9.69 Å². The van der Waals surface area contributed by atoms with Crippen molar-refractivity contribution in [3.8, 4) is 0 Å². The number of amides is 1. The molecule has 0 bridgehead atoms. The van der Waals surface area contributed by atoms with E-state index in [9.17, 15) is 14.3 Å². The Hall–Kier alpha value is -2.32. The fourth-order valence-electron chi connectivity index (χ4n) is 3.83. The van der Waals surface area contributed by atoms with Gasteiger partial charge in [-0.1, -0.05) is 36.4 Å². The van der Waals surface area contributed by atoms with Crippen LogP contribution in [0.3, 0.4) is 0 Å². The number of rotatable bonds is 10. The van der Waals surface area contributed by atoms with Gasteiger partial charge in [0.15, 0.2) is 0 Å². The van der Waals surface area contributed by atoms with Gasteiger partial charge in [-0.2, -0.15) is 0 Å². The molecule has 1 heterocycles. The maximum Gasteiger partial charge on any atom is 0.254 e. The van der Waals surface area contributed by atoms with Crippen LogP contribution in [-0.2, 0) is 15.9 Å². The number of hydrogen-bond donors (Lipinski definition) is 1. The van der Waals surface area contributed by atoms with Crippen molar-refractivity contribution in [1.29, 1.82) is 0 Å². The summed E-state index contributed by atoms with van der Waals surface area (Å²) in [6.07, 6.45) is -0.0624. The Kier molecular flexibility index (Phi) is 8.97. The average molecular weight is 431 g/mol. The topological polar surface area (TPSA) is 62.2 Å². The molecule has 1 aliphatic heterocycles. The number of benzene rings is 2. The van der Waals surface area contributed by atoms with E-state index in [4.69, 9.17) is 9.47 Å². The van der Waals surface area contributed by atoms with Gasteiger partial charge in [0.25, 0.3) is 5.91 Å². The van der Waals surface area contributed by atoms with E-state index in [1.807, 2.05) is 30.3 Å². The predicted octanol–water partition coefficient (Wildman–Crippen LogP) is 2.22. The van der Waals surface area contributed by atoms with Crippen molar-refractivity contribution in [2.75, 3.05) is 53.0 Å². The van der Waals surface area contributed by atoms with Crippen LogP contribution in [0, 0.1) is 5.82 Å². The van der Waals surface area contributed by atoms with Crippen LogP contribution in [0.25, 0.3) is 0 Å². The van der Waals surface area contributed by atoms with Gasteiger partial charge in [-0.25, -0.2) is 4.39 Å². The summed E-state index contributed by atoms with van der Waals surface area (Å²) in [7, 11) is 1.58. The molecule has 7 heteroatoms. The lowest BCUT2D eigenvalue weighted by Gasteiger charge is -2.36. The second-order valence-corrected chi connectivity index (χ2v) is 7.85. The number of halogens is 1. The Morgan fingerprint density at radius 1 is 1.29 bits per heavy atom. The lowest BCUT2D eigenvalue weighted by molar-refractivity contribution is -0.0515. The van der Waals surface area contributed by atoms with E-state index in [2.05, 4.69) is 4.90 Å². The van der Waals surface area contributed by atoms with Gasteiger partial charge in [0, 0.05) is 45.4 Å². The fourth-order valence-corrected chi connectivity index (χ4v) is 3.83. The molecule has 6 nitrogen and oxygen atoms in total. The zero-order valence-corrected chi connectivity index (χ0v) is 18.0. The SMILES string of the molecule is COCCN(C[C@@H]1CN(C[C@@H](O)Cc2ccccc2)CCO1)C(=O)c1cccc(F)c1. The van der Waals surface area contributed by atoms with Gasteiger partial charge < -0.3 is 19.5 Å². The summed E-state index contributed by atoms with van der Waals surface area (Å²) in [5.74, 6) is -0.688. The molecule has 3 rings (SSSR count). The molecule has 0 unspecified atom stereocenters. The van der Waals surface area contributed by atoms with E-state index in [0.29, 0.717) is 51.4 Å². The number of β-amino-alcohol motifs (C(OH)–C–C–N with tert-alkyl or cyclic N) is 1. The molecule has 2 aromatic rings. The molecule has 1 N–H and O–H groups in total. The fraction of sp³-hybridized carbons (Fsp3) is 0.458. The predicted molar refractivity (Wildman–Crippen MR) is 117 cm³/mol. The van der Waals surface area contributed by atoms with Gasteiger partial charge in [0.05, 0.1) is 25.4 Å². The molecule has 0 spiro atoms. The summed E-state index contributed by atoms with van der Waals surface area (Å²) in [5.41, 5.74) is 1.41. The summed E-state index contributed by atoms with van der Waals surface area (Å²) in [5, 5.41) is 10.5. The van der Waals surface area contributed by atoms with Crippen LogP contribution in [0.4, 0.5) is 4.39 Å². The first kappa shape index (κ1) is 23.3. The van der Waals surface area contributed by atoms with Gasteiger partial charge in [0.2, 0.25) is 0 Å². The van der Waals surface area contributed by atoms with Crippen LogP contribution >= 0.6 is 0 Å². The summed E-state index contributed by atoms with van der Waals surface area (Å²) in [6, 6.07) is 15.6. The van der Waals surface area contributed by atoms with Crippen molar-refractivity contribution in [2.45, 2.75) is 18.6 Å². The van der Waals surface area contributed by atoms with E-state index in [1.165, 1.54) is 18.2 Å². The zero-order valence-electron chi connectivity index (χ0n) is 18.0. The van der Waals surface area contributed by atoms with Crippen LogP contribution in [0.1, 0.15) is 15.9 Å². The largest absolute Gasteiger partial charge is 0.391 e. The number of carbonyl (C=O) groups excluding carboxylic acids is 1. The van der Waals surface area contributed by atoms with E-state index < -0.39 is 11.9 Å². The van der Waals surface area contributed by atoms with Crippen molar-refractivity contribution >= 4 is 5.91 Å². The first-order valence-corrected chi connectivity index (χ1v) is 10.6. The summed E-state index contributed by atoms with van der Waals surface area (Å²) < 4.78 is 24.6. The number of aliphatic hydroxyl groups is 1. The second-order valence-electron chi connectivity index (χ2n) is 7.85. The van der Waals surface area contributed by atoms with E-state index in [0.717, 1.165) is 12.1 Å². The van der Waals surface area contributed by atoms with Crippen molar-refractivity contribution in [3.05, 3.63) is 71.5 Å². The van der Waals surface area contributed by atoms with Gasteiger partial charge in [-0.05, 0) is 30.2 Å². The molecule has 1 amide bonds. The molecule has 0 aromatic heterocycles. The Labute approximate surface area is 183 Å². The smallest absolute Gasteiger partial charge is 0.254 e. The van der Waals surface area contributed by atoms with Crippen molar-refractivity contribution in [2.24, 2.45) is 0 Å². The van der Waals surface area contributed by atoms with Crippen LogP contribution in [-0.4, -0.2) is 86.1 Å². The lowest BCUT2D eigenvalue weighted by atomic mass is 10.1. The number of ether oxygens (including phenoxy) is 2. The van der Waals surface area contributed by atoms with Gasteiger partial charge >= 0.3 is 0 Å². The molecule has 2 aromatic carbocycles. The normalized spacial score (nSPS) is 18.0. The minimum atomic E-state index is -0.473. The lowest BCUT2D eigenvalue weighted by Crippen LogP contribution is -2.51. The number of aliphatic hydroxyl groups excluding tert-OH is 1. The minimum Gasteiger partial charge on any atom is -0.391 e. The van der Waals surface area contributed by atoms with Crippen molar-refractivity contribution < 1.29 is 23.8 Å². The number of nitrogens with zero attached hydrogens (tertiary/aromatic N) is 2. The van der Waals surface area contributed by atoms with Crippen molar-refractivity contribution in [1.82, 2.24) is 9.80 Å². The second kappa shape index (κ2) is 11.9.